The van der Waals surface area contributed by atoms with E-state index in [0.29, 0.717) is 45.0 Å². The molecule has 0 bridgehead atoms. The van der Waals surface area contributed by atoms with Gasteiger partial charge in [-0.05, 0) is 18.2 Å². The van der Waals surface area contributed by atoms with Crippen LogP contribution in [0.25, 0.3) is 11.3 Å². The number of pyridine rings is 1. The van der Waals surface area contributed by atoms with E-state index in [1.165, 1.54) is 21.3 Å². The van der Waals surface area contributed by atoms with Crippen molar-refractivity contribution in [1.29, 1.82) is 0 Å². The molecule has 4 rings (SSSR count). The fourth-order valence-corrected chi connectivity index (χ4v) is 4.46. The molecule has 29 heavy (non-hydrogen) atoms. The van der Waals surface area contributed by atoms with Crippen molar-refractivity contribution in [3.05, 3.63) is 59.5 Å². The summed E-state index contributed by atoms with van der Waals surface area (Å²) >= 11 is 0. The van der Waals surface area contributed by atoms with Crippen LogP contribution in [0.4, 0.5) is 0 Å². The lowest BCUT2D eigenvalue weighted by Crippen LogP contribution is -2.49. The zero-order valence-electron chi connectivity index (χ0n) is 15.6. The van der Waals surface area contributed by atoms with Crippen LogP contribution < -0.4 is 5.56 Å². The quantitative estimate of drug-likeness (QED) is 0.564. The van der Waals surface area contributed by atoms with E-state index in [1.807, 2.05) is 12.1 Å². The summed E-state index contributed by atoms with van der Waals surface area (Å²) in [4.78, 5) is 18.4. The van der Waals surface area contributed by atoms with Gasteiger partial charge in [0.25, 0.3) is 5.56 Å². The summed E-state index contributed by atoms with van der Waals surface area (Å²) in [5.41, 5.74) is 1.35. The van der Waals surface area contributed by atoms with E-state index >= 15 is 0 Å². The normalized spacial score (nSPS) is 16.1. The molecule has 0 unspecified atom stereocenters. The largest absolute Gasteiger partial charge is 0.363 e. The lowest BCUT2D eigenvalue weighted by atomic mass is 10.2. The standard InChI is InChI=1S/C18H20N6O4S/c25-18-4-3-17(15-2-1-5-19-12-15)21-24(18)11-8-22-6-9-23(10-7-22)29(26,27)16-13-20-28-14-16/h1-5,12-14H,6-11H2. The van der Waals surface area contributed by atoms with Crippen LogP contribution >= 0.6 is 0 Å². The average Bonchev–Trinajstić information content (AvgIpc) is 3.30. The van der Waals surface area contributed by atoms with Gasteiger partial charge in [0, 0.05) is 56.7 Å². The van der Waals surface area contributed by atoms with Gasteiger partial charge < -0.3 is 4.52 Å². The molecule has 1 aliphatic rings. The maximum Gasteiger partial charge on any atom is 0.266 e. The lowest BCUT2D eigenvalue weighted by molar-refractivity contribution is 0.180. The zero-order valence-corrected chi connectivity index (χ0v) is 16.4. The van der Waals surface area contributed by atoms with Gasteiger partial charge in [0.15, 0.2) is 0 Å². The minimum atomic E-state index is -3.58. The zero-order chi connectivity index (χ0) is 20.3. The van der Waals surface area contributed by atoms with E-state index in [0.717, 1.165) is 11.8 Å². The highest BCUT2D eigenvalue weighted by atomic mass is 32.2. The van der Waals surface area contributed by atoms with Gasteiger partial charge in [-0.3, -0.25) is 14.7 Å². The first-order valence-electron chi connectivity index (χ1n) is 9.14. The van der Waals surface area contributed by atoms with Crippen LogP contribution in [0.2, 0.25) is 0 Å². The number of piperazine rings is 1. The first-order valence-corrected chi connectivity index (χ1v) is 10.6. The van der Waals surface area contributed by atoms with Crippen LogP contribution in [0, 0.1) is 0 Å². The molecule has 0 N–H and O–H groups in total. The van der Waals surface area contributed by atoms with Crippen molar-refractivity contribution in [1.82, 2.24) is 29.1 Å². The number of hydrogen-bond acceptors (Lipinski definition) is 8. The monoisotopic (exact) mass is 416 g/mol. The summed E-state index contributed by atoms with van der Waals surface area (Å²) in [5.74, 6) is 0. The van der Waals surface area contributed by atoms with Crippen LogP contribution in [0.3, 0.4) is 0 Å². The molecular weight excluding hydrogens is 396 g/mol. The minimum Gasteiger partial charge on any atom is -0.363 e. The van der Waals surface area contributed by atoms with Gasteiger partial charge in [-0.2, -0.15) is 9.40 Å². The first-order chi connectivity index (χ1) is 14.0. The summed E-state index contributed by atoms with van der Waals surface area (Å²) in [6.45, 7) is 2.90. The predicted molar refractivity (Wildman–Crippen MR) is 103 cm³/mol. The number of hydrogen-bond donors (Lipinski definition) is 0. The molecule has 11 heteroatoms. The minimum absolute atomic E-state index is 0.0638. The molecule has 0 amide bonds. The summed E-state index contributed by atoms with van der Waals surface area (Å²) in [5, 5.41) is 7.89. The third-order valence-corrected chi connectivity index (χ3v) is 6.67. The van der Waals surface area contributed by atoms with Crippen molar-refractivity contribution in [3.8, 4) is 11.3 Å². The van der Waals surface area contributed by atoms with Crippen molar-refractivity contribution in [2.24, 2.45) is 0 Å². The molecule has 1 aliphatic heterocycles. The highest BCUT2D eigenvalue weighted by Crippen LogP contribution is 2.17. The van der Waals surface area contributed by atoms with Crippen LogP contribution in [0.15, 0.2) is 63.3 Å². The second kappa shape index (κ2) is 8.23. The Kier molecular flexibility index (Phi) is 5.51. The molecule has 0 aromatic carbocycles. The Balaban J connectivity index is 1.37. The summed E-state index contributed by atoms with van der Waals surface area (Å²) in [7, 11) is -3.58. The second-order valence-corrected chi connectivity index (χ2v) is 8.57. The molecule has 0 saturated carbocycles. The summed E-state index contributed by atoms with van der Waals surface area (Å²) in [6, 6.07) is 6.89. The summed E-state index contributed by atoms with van der Waals surface area (Å²) < 4.78 is 32.5. The lowest BCUT2D eigenvalue weighted by Gasteiger charge is -2.33. The predicted octanol–water partition coefficient (Wildman–Crippen LogP) is 0.300. The maximum absolute atomic E-state index is 12.5. The molecule has 0 spiro atoms. The van der Waals surface area contributed by atoms with Crippen LogP contribution in [0.5, 0.6) is 0 Å². The second-order valence-electron chi connectivity index (χ2n) is 6.63. The van der Waals surface area contributed by atoms with Crippen LogP contribution in [0.1, 0.15) is 0 Å². The van der Waals surface area contributed by atoms with Gasteiger partial charge in [-0.15, -0.1) is 0 Å². The van der Waals surface area contributed by atoms with E-state index in [9.17, 15) is 13.2 Å². The molecule has 3 aromatic heterocycles. The Hall–Kier alpha value is -2.89. The highest BCUT2D eigenvalue weighted by Gasteiger charge is 2.29. The SMILES string of the molecule is O=c1ccc(-c2cccnc2)nn1CCN1CCN(S(=O)(=O)c2cnoc2)CC1. The van der Waals surface area contributed by atoms with Gasteiger partial charge in [0.2, 0.25) is 10.0 Å². The Morgan fingerprint density at radius 3 is 2.55 bits per heavy atom. The van der Waals surface area contributed by atoms with E-state index in [-0.39, 0.29) is 10.5 Å². The molecule has 152 valence electrons. The molecule has 0 atom stereocenters. The molecular formula is C18H20N6O4S. The molecule has 3 aromatic rings. The van der Waals surface area contributed by atoms with Crippen molar-refractivity contribution < 1.29 is 12.9 Å². The van der Waals surface area contributed by atoms with Gasteiger partial charge in [0.05, 0.1) is 18.4 Å². The highest BCUT2D eigenvalue weighted by molar-refractivity contribution is 7.89. The Morgan fingerprint density at radius 1 is 1.03 bits per heavy atom. The topological polar surface area (TPSA) is 114 Å². The third-order valence-electron chi connectivity index (χ3n) is 4.83. The Labute approximate surface area is 167 Å². The van der Waals surface area contributed by atoms with E-state index in [2.05, 4.69) is 24.7 Å². The molecule has 0 radical (unpaired) electrons. The van der Waals surface area contributed by atoms with Crippen molar-refractivity contribution in [2.75, 3.05) is 32.7 Å². The Bertz CT molecular complexity index is 1110. The van der Waals surface area contributed by atoms with E-state index < -0.39 is 10.0 Å². The van der Waals surface area contributed by atoms with Crippen molar-refractivity contribution in [2.45, 2.75) is 11.4 Å². The van der Waals surface area contributed by atoms with E-state index in [1.54, 1.807) is 18.5 Å². The van der Waals surface area contributed by atoms with Gasteiger partial charge in [-0.1, -0.05) is 5.16 Å². The van der Waals surface area contributed by atoms with Crippen molar-refractivity contribution >= 4 is 10.0 Å². The third kappa shape index (κ3) is 4.26. The number of nitrogens with zero attached hydrogens (tertiary/aromatic N) is 6. The van der Waals surface area contributed by atoms with Gasteiger partial charge >= 0.3 is 0 Å². The number of sulfonamides is 1. The number of aromatic nitrogens is 4. The molecule has 1 saturated heterocycles. The van der Waals surface area contributed by atoms with Crippen molar-refractivity contribution in [3.63, 3.8) is 0 Å². The van der Waals surface area contributed by atoms with Crippen LogP contribution in [-0.4, -0.2) is 70.3 Å². The smallest absolute Gasteiger partial charge is 0.266 e. The van der Waals surface area contributed by atoms with Crippen LogP contribution in [-0.2, 0) is 16.6 Å². The molecule has 10 nitrogen and oxygen atoms in total. The summed E-state index contributed by atoms with van der Waals surface area (Å²) in [6.07, 6.45) is 5.72. The fraction of sp³-hybridized carbons (Fsp3) is 0.333. The molecule has 4 heterocycles. The maximum atomic E-state index is 12.5. The first kappa shape index (κ1) is 19.4. The van der Waals surface area contributed by atoms with E-state index in [4.69, 9.17) is 0 Å². The van der Waals surface area contributed by atoms with Gasteiger partial charge in [0.1, 0.15) is 11.2 Å². The average molecular weight is 416 g/mol. The number of rotatable bonds is 6. The molecule has 1 fully saturated rings. The fourth-order valence-electron chi connectivity index (χ4n) is 3.18. The van der Waals surface area contributed by atoms with Gasteiger partial charge in [-0.25, -0.2) is 13.1 Å². The molecule has 0 aliphatic carbocycles. The Morgan fingerprint density at radius 2 is 1.86 bits per heavy atom.